The third-order valence-corrected chi connectivity index (χ3v) is 8.38. The van der Waals surface area contributed by atoms with Crippen LogP contribution in [-0.4, -0.2) is 83.8 Å². The van der Waals surface area contributed by atoms with E-state index in [0.29, 0.717) is 11.1 Å². The number of nitrogens with zero attached hydrogens (tertiary/aromatic N) is 2. The van der Waals surface area contributed by atoms with Gasteiger partial charge in [0.05, 0.1) is 35.6 Å². The number of fused-ring (bicyclic) bond motifs is 1. The van der Waals surface area contributed by atoms with Crippen LogP contribution in [0.1, 0.15) is 51.7 Å². The standard InChI is InChI=1S/C40H46N4O8/c1-7-31(45)41-19-21-51-39(49)29(23-25(3)4)43-35(27-15-11-9-12-16-27)33-34(37(43)47)36(28-17-13-10-14-18-28)44(38(33)48)30(24-26(5)6)40(50)52-22-20-42-32(46)8-2/h7-18,25-26,29-30H,1-2,19-24H2,3-6H3,(H,41,45)(H,42,46). The summed E-state index contributed by atoms with van der Waals surface area (Å²) in [6.45, 7) is 14.3. The van der Waals surface area contributed by atoms with Gasteiger partial charge in [-0.1, -0.05) is 102 Å². The molecule has 0 saturated carbocycles. The van der Waals surface area contributed by atoms with Crippen molar-refractivity contribution in [2.24, 2.45) is 11.8 Å². The van der Waals surface area contributed by atoms with E-state index < -0.39 is 47.7 Å². The number of ether oxygens (including phenoxy) is 2. The Morgan fingerprint density at radius 2 is 0.981 bits per heavy atom. The highest BCUT2D eigenvalue weighted by Crippen LogP contribution is 2.49. The van der Waals surface area contributed by atoms with Crippen molar-refractivity contribution in [3.8, 4) is 0 Å². The molecular formula is C40H46N4O8. The Morgan fingerprint density at radius 3 is 1.29 bits per heavy atom. The van der Waals surface area contributed by atoms with Gasteiger partial charge < -0.3 is 20.1 Å². The predicted molar refractivity (Wildman–Crippen MR) is 195 cm³/mol. The largest absolute Gasteiger partial charge is 0.462 e. The Bertz CT molecular complexity index is 1630. The van der Waals surface area contributed by atoms with Gasteiger partial charge in [-0.25, -0.2) is 9.59 Å². The van der Waals surface area contributed by atoms with E-state index >= 15 is 0 Å². The van der Waals surface area contributed by atoms with E-state index in [2.05, 4.69) is 23.8 Å². The zero-order valence-corrected chi connectivity index (χ0v) is 30.1. The van der Waals surface area contributed by atoms with Gasteiger partial charge in [-0.2, -0.15) is 0 Å². The van der Waals surface area contributed by atoms with Crippen LogP contribution < -0.4 is 10.6 Å². The molecule has 2 aromatic rings. The summed E-state index contributed by atoms with van der Waals surface area (Å²) in [4.78, 5) is 83.6. The first-order valence-electron chi connectivity index (χ1n) is 17.3. The quantitative estimate of drug-likeness (QED) is 0.134. The number of hydrogen-bond acceptors (Lipinski definition) is 8. The van der Waals surface area contributed by atoms with Gasteiger partial charge in [0.15, 0.2) is 0 Å². The minimum absolute atomic E-state index is 0.0380. The summed E-state index contributed by atoms with van der Waals surface area (Å²) in [6, 6.07) is 15.4. The lowest BCUT2D eigenvalue weighted by atomic mass is 9.99. The van der Waals surface area contributed by atoms with Crippen molar-refractivity contribution < 1.29 is 38.2 Å². The summed E-state index contributed by atoms with van der Waals surface area (Å²) >= 11 is 0. The zero-order valence-electron chi connectivity index (χ0n) is 30.1. The summed E-state index contributed by atoms with van der Waals surface area (Å²) in [6.07, 6.45) is 2.64. The molecule has 2 aliphatic rings. The molecule has 0 aliphatic carbocycles. The fraction of sp³-hybridized carbons (Fsp3) is 0.350. The third kappa shape index (κ3) is 8.92. The summed E-state index contributed by atoms with van der Waals surface area (Å²) in [5, 5.41) is 5.12. The topological polar surface area (TPSA) is 151 Å². The van der Waals surface area contributed by atoms with Crippen LogP contribution in [-0.2, 0) is 38.2 Å². The molecule has 2 heterocycles. The molecule has 4 amide bonds. The second-order valence-corrected chi connectivity index (χ2v) is 13.1. The van der Waals surface area contributed by atoms with Crippen molar-refractivity contribution in [1.29, 1.82) is 0 Å². The summed E-state index contributed by atoms with van der Waals surface area (Å²) < 4.78 is 11.2. The lowest BCUT2D eigenvalue weighted by Crippen LogP contribution is -2.46. The highest BCUT2D eigenvalue weighted by atomic mass is 16.5. The molecule has 2 N–H and O–H groups in total. The first-order chi connectivity index (χ1) is 24.9. The minimum Gasteiger partial charge on any atom is -0.462 e. The van der Waals surface area contributed by atoms with Crippen molar-refractivity contribution >= 4 is 47.0 Å². The Labute approximate surface area is 304 Å². The maximum Gasteiger partial charge on any atom is 0.329 e. The molecule has 2 aromatic carbocycles. The normalized spacial score (nSPS) is 15.1. The molecule has 52 heavy (non-hydrogen) atoms. The molecule has 274 valence electrons. The molecule has 2 aliphatic heterocycles. The summed E-state index contributed by atoms with van der Waals surface area (Å²) in [5.41, 5.74) is 1.62. The van der Waals surface area contributed by atoms with Crippen LogP contribution in [0.5, 0.6) is 0 Å². The predicted octanol–water partition coefficient (Wildman–Crippen LogP) is 4.01. The van der Waals surface area contributed by atoms with E-state index in [-0.39, 0.29) is 73.5 Å². The van der Waals surface area contributed by atoms with E-state index in [1.54, 1.807) is 60.7 Å². The molecule has 0 radical (unpaired) electrons. The highest BCUT2D eigenvalue weighted by Gasteiger charge is 2.54. The van der Waals surface area contributed by atoms with Gasteiger partial charge in [-0.05, 0) is 48.0 Å². The number of benzene rings is 2. The molecule has 4 rings (SSSR count). The molecule has 12 heteroatoms. The van der Waals surface area contributed by atoms with E-state index in [0.717, 1.165) is 12.2 Å². The number of carbonyl (C=O) groups is 6. The lowest BCUT2D eigenvalue weighted by molar-refractivity contribution is -0.152. The average molecular weight is 711 g/mol. The molecule has 0 fully saturated rings. The molecule has 0 bridgehead atoms. The summed E-state index contributed by atoms with van der Waals surface area (Å²) in [7, 11) is 0. The van der Waals surface area contributed by atoms with Gasteiger partial charge in [0, 0.05) is 0 Å². The maximum absolute atomic E-state index is 15.0. The third-order valence-electron chi connectivity index (χ3n) is 8.38. The van der Waals surface area contributed by atoms with Crippen molar-refractivity contribution in [2.75, 3.05) is 26.3 Å². The molecule has 0 aromatic heterocycles. The van der Waals surface area contributed by atoms with Crippen LogP contribution >= 0.6 is 0 Å². The van der Waals surface area contributed by atoms with Crippen LogP contribution in [0.15, 0.2) is 97.1 Å². The average Bonchev–Trinajstić information content (AvgIpc) is 3.60. The first kappa shape index (κ1) is 39.0. The Kier molecular flexibility index (Phi) is 13.5. The van der Waals surface area contributed by atoms with Crippen molar-refractivity contribution in [2.45, 2.75) is 52.6 Å². The monoisotopic (exact) mass is 710 g/mol. The molecule has 2 unspecified atom stereocenters. The fourth-order valence-corrected chi connectivity index (χ4v) is 6.19. The number of hydrogen-bond donors (Lipinski definition) is 2. The molecule has 2 atom stereocenters. The number of rotatable bonds is 18. The fourth-order valence-electron chi connectivity index (χ4n) is 6.19. The van der Waals surface area contributed by atoms with E-state index in [4.69, 9.17) is 9.47 Å². The molecule has 0 saturated heterocycles. The van der Waals surface area contributed by atoms with Crippen LogP contribution in [0.3, 0.4) is 0 Å². The SMILES string of the molecule is C=CC(=O)NCCOC(=O)C(CC(C)C)N1C(=O)C2=C(c3ccccc3)N(C(CC(C)C)C(=O)OCCNC(=O)C=C)C(=O)C2=C1c1ccccc1. The van der Waals surface area contributed by atoms with Crippen LogP contribution in [0, 0.1) is 11.8 Å². The highest BCUT2D eigenvalue weighted by molar-refractivity contribution is 6.31. The van der Waals surface area contributed by atoms with Crippen molar-refractivity contribution in [3.05, 3.63) is 108 Å². The second-order valence-electron chi connectivity index (χ2n) is 13.1. The van der Waals surface area contributed by atoms with Crippen LogP contribution in [0.2, 0.25) is 0 Å². The smallest absolute Gasteiger partial charge is 0.329 e. The number of nitrogens with one attached hydrogen (secondary N) is 2. The summed E-state index contributed by atoms with van der Waals surface area (Å²) in [5.74, 6) is -3.54. The zero-order chi connectivity index (χ0) is 37.9. The van der Waals surface area contributed by atoms with E-state index in [1.165, 1.54) is 9.80 Å². The van der Waals surface area contributed by atoms with Gasteiger partial charge in [-0.15, -0.1) is 0 Å². The molecule has 12 nitrogen and oxygen atoms in total. The Balaban J connectivity index is 1.87. The number of carbonyl (C=O) groups excluding carboxylic acids is 6. The Morgan fingerprint density at radius 1 is 0.635 bits per heavy atom. The Hall–Kier alpha value is -5.78. The first-order valence-corrected chi connectivity index (χ1v) is 17.3. The molecular weight excluding hydrogens is 664 g/mol. The lowest BCUT2D eigenvalue weighted by Gasteiger charge is -2.33. The van der Waals surface area contributed by atoms with Gasteiger partial charge >= 0.3 is 11.9 Å². The van der Waals surface area contributed by atoms with E-state index in [1.807, 2.05) is 27.7 Å². The van der Waals surface area contributed by atoms with E-state index in [9.17, 15) is 28.8 Å². The number of amides is 4. The van der Waals surface area contributed by atoms with Crippen LogP contribution in [0.25, 0.3) is 11.4 Å². The van der Waals surface area contributed by atoms with Gasteiger partial charge in [0.25, 0.3) is 11.8 Å². The van der Waals surface area contributed by atoms with Gasteiger partial charge in [-0.3, -0.25) is 29.0 Å². The van der Waals surface area contributed by atoms with Crippen molar-refractivity contribution in [1.82, 2.24) is 20.4 Å². The van der Waals surface area contributed by atoms with Gasteiger partial charge in [0.2, 0.25) is 11.8 Å². The van der Waals surface area contributed by atoms with Gasteiger partial charge in [0.1, 0.15) is 25.3 Å². The minimum atomic E-state index is -1.12. The number of esters is 2. The molecule has 0 spiro atoms. The maximum atomic E-state index is 15.0. The van der Waals surface area contributed by atoms with Crippen molar-refractivity contribution in [3.63, 3.8) is 0 Å². The second kappa shape index (κ2) is 17.9. The van der Waals surface area contributed by atoms with Crippen LogP contribution in [0.4, 0.5) is 0 Å².